The highest BCUT2D eigenvalue weighted by Crippen LogP contribution is 1.99. The molecule has 19 heavy (non-hydrogen) atoms. The number of ether oxygens (including phenoxy) is 2. The molecule has 0 spiro atoms. The summed E-state index contributed by atoms with van der Waals surface area (Å²) in [4.78, 5) is 14.5. The van der Waals surface area contributed by atoms with E-state index in [1.807, 2.05) is 0 Å². The second kappa shape index (κ2) is 8.55. The number of aromatic amines is 1. The molecule has 0 saturated carbocycles. The number of nitrogens with zero attached hydrogens (tertiary/aromatic N) is 3. The van der Waals surface area contributed by atoms with Gasteiger partial charge in [0.25, 0.3) is 0 Å². The Morgan fingerprint density at radius 2 is 1.53 bits per heavy atom. The Hall–Kier alpha value is -1.53. The van der Waals surface area contributed by atoms with E-state index in [1.165, 1.54) is 32.0 Å². The Morgan fingerprint density at radius 1 is 0.895 bits per heavy atom. The molecule has 2 saturated heterocycles. The number of imidazole rings is 1. The lowest BCUT2D eigenvalue weighted by Crippen LogP contribution is -1.76. The van der Waals surface area contributed by atoms with Crippen molar-refractivity contribution in [3.8, 4) is 0 Å². The molecule has 0 bridgehead atoms. The van der Waals surface area contributed by atoms with E-state index >= 15 is 0 Å². The van der Waals surface area contributed by atoms with Gasteiger partial charge >= 0.3 is 0 Å². The first-order valence-corrected chi connectivity index (χ1v) is 6.71. The van der Waals surface area contributed by atoms with Crippen LogP contribution in [0.3, 0.4) is 0 Å². The number of H-pyrrole nitrogens is 1. The van der Waals surface area contributed by atoms with Gasteiger partial charge in [-0.05, 0) is 25.7 Å². The van der Waals surface area contributed by atoms with E-state index in [2.05, 4.69) is 19.9 Å². The van der Waals surface area contributed by atoms with Crippen molar-refractivity contribution in [2.75, 3.05) is 26.4 Å². The molecule has 2 aromatic heterocycles. The van der Waals surface area contributed by atoms with Gasteiger partial charge in [0.05, 0.1) is 12.5 Å². The number of fused-ring (bicyclic) bond motifs is 1. The molecule has 4 heterocycles. The molecule has 2 aliphatic rings. The van der Waals surface area contributed by atoms with Gasteiger partial charge in [-0.3, -0.25) is 0 Å². The summed E-state index contributed by atoms with van der Waals surface area (Å²) < 4.78 is 9.89. The average Bonchev–Trinajstić information content (AvgIpc) is 3.22. The van der Waals surface area contributed by atoms with E-state index in [4.69, 9.17) is 9.47 Å². The molecule has 6 heteroatoms. The topological polar surface area (TPSA) is 72.9 Å². The minimum absolute atomic E-state index is 0.782. The molecule has 2 fully saturated rings. The minimum Gasteiger partial charge on any atom is -0.381 e. The van der Waals surface area contributed by atoms with Gasteiger partial charge in [-0.25, -0.2) is 15.0 Å². The highest BCUT2D eigenvalue weighted by molar-refractivity contribution is 5.67. The first-order chi connectivity index (χ1) is 9.47. The zero-order chi connectivity index (χ0) is 13.2. The van der Waals surface area contributed by atoms with Gasteiger partial charge in [-0.1, -0.05) is 0 Å². The van der Waals surface area contributed by atoms with E-state index in [-0.39, 0.29) is 0 Å². The molecule has 0 atom stereocenters. The maximum Gasteiger partial charge on any atom is 0.160 e. The summed E-state index contributed by atoms with van der Waals surface area (Å²) in [6.45, 7) is 4.00. The van der Waals surface area contributed by atoms with Gasteiger partial charge < -0.3 is 14.5 Å². The highest BCUT2D eigenvalue weighted by atomic mass is 16.5. The van der Waals surface area contributed by atoms with Gasteiger partial charge in [0.15, 0.2) is 5.65 Å². The van der Waals surface area contributed by atoms with Crippen LogP contribution in [0.15, 0.2) is 18.9 Å². The number of rotatable bonds is 0. The second-order valence-corrected chi connectivity index (χ2v) is 4.30. The fraction of sp³-hybridized carbons (Fsp3) is 0.615. The van der Waals surface area contributed by atoms with E-state index in [9.17, 15) is 0 Å². The molecule has 0 unspecified atom stereocenters. The van der Waals surface area contributed by atoms with Crippen LogP contribution in [0, 0.1) is 0 Å². The Bertz CT molecular complexity index is 397. The monoisotopic (exact) mass is 264 g/mol. The van der Waals surface area contributed by atoms with Crippen LogP contribution in [0.1, 0.15) is 25.7 Å². The number of hydrogen-bond acceptors (Lipinski definition) is 5. The fourth-order valence-electron chi connectivity index (χ4n) is 1.71. The summed E-state index contributed by atoms with van der Waals surface area (Å²) in [7, 11) is 0. The van der Waals surface area contributed by atoms with E-state index in [1.54, 1.807) is 12.5 Å². The molecule has 104 valence electrons. The van der Waals surface area contributed by atoms with Crippen molar-refractivity contribution in [1.82, 2.24) is 19.9 Å². The highest BCUT2D eigenvalue weighted by Gasteiger charge is 1.95. The first-order valence-electron chi connectivity index (χ1n) is 6.71. The van der Waals surface area contributed by atoms with Crippen molar-refractivity contribution in [1.29, 1.82) is 0 Å². The van der Waals surface area contributed by atoms with Crippen molar-refractivity contribution in [3.63, 3.8) is 0 Å². The Morgan fingerprint density at radius 3 is 2.00 bits per heavy atom. The third-order valence-corrected chi connectivity index (χ3v) is 2.75. The van der Waals surface area contributed by atoms with Crippen LogP contribution >= 0.6 is 0 Å². The number of nitrogens with one attached hydrogen (secondary N) is 1. The molecular weight excluding hydrogens is 244 g/mol. The lowest BCUT2D eigenvalue weighted by molar-refractivity contribution is 0.198. The van der Waals surface area contributed by atoms with Crippen LogP contribution in [0.2, 0.25) is 0 Å². The summed E-state index contributed by atoms with van der Waals surface area (Å²) in [5, 5.41) is 0. The summed E-state index contributed by atoms with van der Waals surface area (Å²) in [6, 6.07) is 0. The third kappa shape index (κ3) is 5.32. The predicted molar refractivity (Wildman–Crippen MR) is 71.8 cm³/mol. The molecule has 0 aliphatic carbocycles. The van der Waals surface area contributed by atoms with Gasteiger partial charge in [-0.15, -0.1) is 0 Å². The molecular formula is C13H20N4O2. The maximum atomic E-state index is 4.94. The van der Waals surface area contributed by atoms with E-state index in [0.29, 0.717) is 0 Å². The van der Waals surface area contributed by atoms with Crippen LogP contribution in [0.25, 0.3) is 11.2 Å². The van der Waals surface area contributed by atoms with Gasteiger partial charge in [0.1, 0.15) is 11.8 Å². The normalized spacial score (nSPS) is 17.5. The average molecular weight is 264 g/mol. The Labute approximate surface area is 112 Å². The van der Waals surface area contributed by atoms with Crippen molar-refractivity contribution in [2.24, 2.45) is 0 Å². The lowest BCUT2D eigenvalue weighted by Gasteiger charge is -1.80. The Balaban J connectivity index is 0.000000114. The molecule has 4 rings (SSSR count). The van der Waals surface area contributed by atoms with Crippen LogP contribution in [0.5, 0.6) is 0 Å². The zero-order valence-corrected chi connectivity index (χ0v) is 11.0. The van der Waals surface area contributed by atoms with Gasteiger partial charge in [-0.2, -0.15) is 0 Å². The lowest BCUT2D eigenvalue weighted by atomic mass is 10.4. The summed E-state index contributed by atoms with van der Waals surface area (Å²) in [6.07, 6.45) is 9.86. The molecule has 2 aliphatic heterocycles. The van der Waals surface area contributed by atoms with Crippen LogP contribution in [-0.2, 0) is 9.47 Å². The molecule has 0 amide bonds. The quantitative estimate of drug-likeness (QED) is 0.787. The standard InChI is InChI=1S/C5H4N4.2C4H8O/c1-4-5(8-2-6-1)9-3-7-4;2*1-2-4-5-3-1/h1-3H,(H,6,7,8,9);2*1-4H2. The van der Waals surface area contributed by atoms with E-state index in [0.717, 1.165) is 37.6 Å². The van der Waals surface area contributed by atoms with Crippen LogP contribution < -0.4 is 0 Å². The summed E-state index contributed by atoms with van der Waals surface area (Å²) in [5.74, 6) is 0. The third-order valence-electron chi connectivity index (χ3n) is 2.75. The minimum atomic E-state index is 0.782. The number of aromatic nitrogens is 4. The van der Waals surface area contributed by atoms with Gasteiger partial charge in [0, 0.05) is 26.4 Å². The SMILES string of the molecule is C1CCOC1.C1CCOC1.c1ncc2nc[nH]c2n1. The molecule has 6 nitrogen and oxygen atoms in total. The van der Waals surface area contributed by atoms with Crippen LogP contribution in [0.4, 0.5) is 0 Å². The molecule has 0 aromatic carbocycles. The first kappa shape index (κ1) is 13.9. The summed E-state index contributed by atoms with van der Waals surface area (Å²) >= 11 is 0. The van der Waals surface area contributed by atoms with E-state index < -0.39 is 0 Å². The molecule has 2 aromatic rings. The smallest absolute Gasteiger partial charge is 0.160 e. The molecule has 1 N–H and O–H groups in total. The Kier molecular flexibility index (Phi) is 6.25. The van der Waals surface area contributed by atoms with Gasteiger partial charge in [0.2, 0.25) is 0 Å². The largest absolute Gasteiger partial charge is 0.381 e. The summed E-state index contributed by atoms with van der Waals surface area (Å²) in [5.41, 5.74) is 1.59. The fourth-order valence-corrected chi connectivity index (χ4v) is 1.71. The second-order valence-electron chi connectivity index (χ2n) is 4.30. The maximum absolute atomic E-state index is 4.94. The zero-order valence-electron chi connectivity index (χ0n) is 11.0. The van der Waals surface area contributed by atoms with Crippen molar-refractivity contribution < 1.29 is 9.47 Å². The van der Waals surface area contributed by atoms with Crippen molar-refractivity contribution in [3.05, 3.63) is 18.9 Å². The predicted octanol–water partition coefficient (Wildman–Crippen LogP) is 1.95. The molecule has 0 radical (unpaired) electrons. The number of hydrogen-bond donors (Lipinski definition) is 1. The van der Waals surface area contributed by atoms with Crippen molar-refractivity contribution in [2.45, 2.75) is 25.7 Å². The van der Waals surface area contributed by atoms with Crippen molar-refractivity contribution >= 4 is 11.2 Å². The van der Waals surface area contributed by atoms with Crippen LogP contribution in [-0.4, -0.2) is 46.4 Å².